The van der Waals surface area contributed by atoms with Gasteiger partial charge in [0.05, 0.1) is 11.2 Å². The number of fused-ring (bicyclic) bond motifs is 1. The van der Waals surface area contributed by atoms with Gasteiger partial charge in [0, 0.05) is 23.9 Å². The summed E-state index contributed by atoms with van der Waals surface area (Å²) in [4.78, 5) is 33.5. The average Bonchev–Trinajstić information content (AvgIpc) is 2.77. The van der Waals surface area contributed by atoms with Crippen LogP contribution in [0, 0.1) is 11.8 Å². The van der Waals surface area contributed by atoms with Gasteiger partial charge >= 0.3 is 6.03 Å². The summed E-state index contributed by atoms with van der Waals surface area (Å²) in [5, 5.41) is 3.60. The van der Waals surface area contributed by atoms with Crippen molar-refractivity contribution in [3.05, 3.63) is 40.7 Å². The minimum absolute atomic E-state index is 0.0954. The maximum Gasteiger partial charge on any atom is 0.347 e. The van der Waals surface area contributed by atoms with Gasteiger partial charge in [0.25, 0.3) is 0 Å². The second-order valence-electron chi connectivity index (χ2n) is 8.55. The number of aromatic nitrogens is 1. The smallest absolute Gasteiger partial charge is 0.347 e. The van der Waals surface area contributed by atoms with Crippen molar-refractivity contribution in [2.75, 3.05) is 25.0 Å². The van der Waals surface area contributed by atoms with Crippen LogP contribution in [-0.2, 0) is 0 Å². The lowest BCUT2D eigenvalue weighted by Gasteiger charge is -2.33. The molecule has 0 aliphatic carbocycles. The van der Waals surface area contributed by atoms with Crippen molar-refractivity contribution in [1.82, 2.24) is 9.88 Å². The first-order valence-electron chi connectivity index (χ1n) is 11.5. The number of carbonyl (C=O) groups excluding carboxylic acids is 1. The van der Waals surface area contributed by atoms with Crippen LogP contribution in [0.4, 0.5) is 10.5 Å². The number of urea groups is 1. The van der Waals surface area contributed by atoms with Crippen molar-refractivity contribution in [2.45, 2.75) is 52.4 Å². The zero-order chi connectivity index (χ0) is 22.2. The summed E-state index contributed by atoms with van der Waals surface area (Å²) in [5.74, 6) is 1.27. The number of carbonyl (C=O) groups is 1. The third-order valence-electron chi connectivity index (χ3n) is 6.28. The standard InChI is InChI=1S/C24H35N5O2/c1-3-7-17(4-2)13-15-29-14-6-9-19(16-29)23(25)28-24(31)26-20-10-5-8-18-11-12-21(30)27-22(18)20/h5,8,10-12,17,19H,3-4,6-7,9,13-16H2,1-2H3,(H,27,30)(H3,25,26,28,31). The number of pyridine rings is 1. The molecule has 2 atom stereocenters. The van der Waals surface area contributed by atoms with Crippen LogP contribution in [0.5, 0.6) is 0 Å². The number of aliphatic imine (C=N–C) groups is 1. The quantitative estimate of drug-likeness (QED) is 0.432. The number of likely N-dealkylation sites (tertiary alicyclic amines) is 1. The molecule has 31 heavy (non-hydrogen) atoms. The molecule has 2 amide bonds. The summed E-state index contributed by atoms with van der Waals surface area (Å²) in [5.41, 5.74) is 7.12. The van der Waals surface area contributed by atoms with E-state index >= 15 is 0 Å². The van der Waals surface area contributed by atoms with Gasteiger partial charge < -0.3 is 20.9 Å². The molecule has 3 rings (SSSR count). The predicted octanol–water partition coefficient (Wildman–Crippen LogP) is 4.35. The lowest BCUT2D eigenvalue weighted by Crippen LogP contribution is -2.42. The largest absolute Gasteiger partial charge is 0.387 e. The molecular formula is C24H35N5O2. The molecule has 2 aromatic rings. The molecule has 4 N–H and O–H groups in total. The molecule has 0 radical (unpaired) electrons. The van der Waals surface area contributed by atoms with Gasteiger partial charge in [0.2, 0.25) is 5.56 Å². The van der Waals surface area contributed by atoms with Gasteiger partial charge in [0.1, 0.15) is 5.84 Å². The Labute approximate surface area is 184 Å². The Balaban J connectivity index is 1.61. The van der Waals surface area contributed by atoms with E-state index in [1.54, 1.807) is 12.1 Å². The number of rotatable bonds is 8. The van der Waals surface area contributed by atoms with Crippen LogP contribution < -0.4 is 16.6 Å². The lowest BCUT2D eigenvalue weighted by atomic mass is 9.94. The molecule has 168 valence electrons. The molecule has 7 heteroatoms. The summed E-state index contributed by atoms with van der Waals surface area (Å²) in [7, 11) is 0. The number of aromatic amines is 1. The highest BCUT2D eigenvalue weighted by molar-refractivity contribution is 6.04. The first-order valence-corrected chi connectivity index (χ1v) is 11.5. The van der Waals surface area contributed by atoms with Crippen LogP contribution in [0.25, 0.3) is 10.9 Å². The average molecular weight is 426 g/mol. The number of anilines is 1. The number of amides is 2. The van der Waals surface area contributed by atoms with E-state index in [-0.39, 0.29) is 11.5 Å². The second kappa shape index (κ2) is 11.1. The Kier molecular flexibility index (Phi) is 8.23. The number of H-pyrrole nitrogens is 1. The van der Waals surface area contributed by atoms with Crippen molar-refractivity contribution in [3.8, 4) is 0 Å². The van der Waals surface area contributed by atoms with Gasteiger partial charge in [-0.05, 0) is 50.4 Å². The van der Waals surface area contributed by atoms with E-state index in [1.807, 2.05) is 12.1 Å². The van der Waals surface area contributed by atoms with Crippen molar-refractivity contribution < 1.29 is 4.79 Å². The number of piperidine rings is 1. The first kappa shape index (κ1) is 23.0. The van der Waals surface area contributed by atoms with Gasteiger partial charge in [-0.1, -0.05) is 45.2 Å². The SMILES string of the molecule is CCCC(CC)CCN1CCCC(/C(N)=N/C(=O)Nc2cccc3ccc(=O)[nH]c23)C1. The first-order chi connectivity index (χ1) is 15.0. The van der Waals surface area contributed by atoms with Crippen LogP contribution in [0.3, 0.4) is 0 Å². The summed E-state index contributed by atoms with van der Waals surface area (Å²) in [6, 6.07) is 8.11. The van der Waals surface area contributed by atoms with Gasteiger partial charge in [-0.3, -0.25) is 4.79 Å². The number of hydrogen-bond acceptors (Lipinski definition) is 3. The summed E-state index contributed by atoms with van der Waals surface area (Å²) in [6.45, 7) is 7.54. The number of amidine groups is 1. The fourth-order valence-corrected chi connectivity index (χ4v) is 4.46. The van der Waals surface area contributed by atoms with Crippen molar-refractivity contribution in [3.63, 3.8) is 0 Å². The van der Waals surface area contributed by atoms with E-state index in [9.17, 15) is 9.59 Å². The second-order valence-corrected chi connectivity index (χ2v) is 8.55. The van der Waals surface area contributed by atoms with E-state index in [0.29, 0.717) is 17.0 Å². The third kappa shape index (κ3) is 6.40. The van der Waals surface area contributed by atoms with E-state index < -0.39 is 6.03 Å². The van der Waals surface area contributed by atoms with E-state index in [2.05, 4.69) is 34.0 Å². The van der Waals surface area contributed by atoms with E-state index in [0.717, 1.165) is 43.8 Å². The number of nitrogens with one attached hydrogen (secondary N) is 2. The van der Waals surface area contributed by atoms with Crippen LogP contribution in [0.15, 0.2) is 40.1 Å². The van der Waals surface area contributed by atoms with E-state index in [4.69, 9.17) is 5.73 Å². The highest BCUT2D eigenvalue weighted by Gasteiger charge is 2.23. The molecule has 1 aliphatic rings. The normalized spacial score (nSPS) is 18.8. The third-order valence-corrected chi connectivity index (χ3v) is 6.28. The fraction of sp³-hybridized carbons (Fsp3) is 0.542. The topological polar surface area (TPSA) is 104 Å². The lowest BCUT2D eigenvalue weighted by molar-refractivity contribution is 0.188. The molecule has 1 aromatic heterocycles. The molecule has 0 saturated carbocycles. The molecule has 1 aliphatic heterocycles. The van der Waals surface area contributed by atoms with Crippen molar-refractivity contribution >= 4 is 28.5 Å². The van der Waals surface area contributed by atoms with Gasteiger partial charge in [0.15, 0.2) is 0 Å². The Hall–Kier alpha value is -2.67. The van der Waals surface area contributed by atoms with E-state index in [1.165, 1.54) is 31.7 Å². The van der Waals surface area contributed by atoms with Gasteiger partial charge in [-0.25, -0.2) is 4.79 Å². The Morgan fingerprint density at radius 1 is 1.29 bits per heavy atom. The monoisotopic (exact) mass is 425 g/mol. The molecule has 2 unspecified atom stereocenters. The number of nitrogens with two attached hydrogens (primary N) is 1. The zero-order valence-corrected chi connectivity index (χ0v) is 18.7. The minimum atomic E-state index is -0.513. The number of nitrogens with zero attached hydrogens (tertiary/aromatic N) is 2. The number of hydrogen-bond donors (Lipinski definition) is 3. The molecule has 1 saturated heterocycles. The summed E-state index contributed by atoms with van der Waals surface area (Å²) < 4.78 is 0. The molecule has 0 bridgehead atoms. The number of para-hydroxylation sites is 1. The zero-order valence-electron chi connectivity index (χ0n) is 18.7. The Morgan fingerprint density at radius 2 is 2.13 bits per heavy atom. The van der Waals surface area contributed by atoms with Crippen molar-refractivity contribution in [1.29, 1.82) is 0 Å². The number of benzene rings is 1. The van der Waals surface area contributed by atoms with Crippen molar-refractivity contribution in [2.24, 2.45) is 22.6 Å². The van der Waals surface area contributed by atoms with Crippen LogP contribution >= 0.6 is 0 Å². The molecule has 2 heterocycles. The molecule has 7 nitrogen and oxygen atoms in total. The molecule has 1 fully saturated rings. The molecular weight excluding hydrogens is 390 g/mol. The van der Waals surface area contributed by atoms with Crippen LogP contribution in [-0.4, -0.2) is 41.4 Å². The maximum atomic E-state index is 12.5. The predicted molar refractivity (Wildman–Crippen MR) is 128 cm³/mol. The Bertz CT molecular complexity index is 968. The highest BCUT2D eigenvalue weighted by Crippen LogP contribution is 2.22. The molecule has 1 aromatic carbocycles. The molecule has 0 spiro atoms. The maximum absolute atomic E-state index is 12.5. The van der Waals surface area contributed by atoms with Gasteiger partial charge in [-0.15, -0.1) is 0 Å². The van der Waals surface area contributed by atoms with Crippen LogP contribution in [0.1, 0.15) is 52.4 Å². The van der Waals surface area contributed by atoms with Gasteiger partial charge in [-0.2, -0.15) is 4.99 Å². The fourth-order valence-electron chi connectivity index (χ4n) is 4.46. The Morgan fingerprint density at radius 3 is 2.90 bits per heavy atom. The summed E-state index contributed by atoms with van der Waals surface area (Å²) >= 11 is 0. The minimum Gasteiger partial charge on any atom is -0.387 e. The highest BCUT2D eigenvalue weighted by atomic mass is 16.2. The van der Waals surface area contributed by atoms with Crippen LogP contribution in [0.2, 0.25) is 0 Å². The summed E-state index contributed by atoms with van der Waals surface area (Å²) in [6.07, 6.45) is 6.99.